The molecule has 4 saturated carbocycles. The van der Waals surface area contributed by atoms with Gasteiger partial charge in [-0.3, -0.25) is 0 Å². The number of ether oxygens (including phenoxy) is 2. The van der Waals surface area contributed by atoms with Crippen molar-refractivity contribution in [3.8, 4) is 5.75 Å². The molecule has 0 radical (unpaired) electrons. The summed E-state index contributed by atoms with van der Waals surface area (Å²) in [5, 5.41) is 0. The first-order valence-corrected chi connectivity index (χ1v) is 10.4. The number of rotatable bonds is 4. The summed E-state index contributed by atoms with van der Waals surface area (Å²) in [4.78, 5) is 0. The molecule has 1 aromatic rings. The topological polar surface area (TPSA) is 18.5 Å². The van der Waals surface area contributed by atoms with E-state index >= 15 is 0 Å². The van der Waals surface area contributed by atoms with Crippen molar-refractivity contribution in [3.05, 3.63) is 29.3 Å². The molecule has 25 heavy (non-hydrogen) atoms. The van der Waals surface area contributed by atoms with Crippen LogP contribution in [0, 0.1) is 29.1 Å². The Balaban J connectivity index is 1.39. The average molecular weight is 341 g/mol. The predicted octanol–water partition coefficient (Wildman–Crippen LogP) is 5.55. The fourth-order valence-corrected chi connectivity index (χ4v) is 7.12. The average Bonchev–Trinajstić information content (AvgIpc) is 2.85. The zero-order valence-corrected chi connectivity index (χ0v) is 16.0. The van der Waals surface area contributed by atoms with Gasteiger partial charge < -0.3 is 9.47 Å². The molecule has 136 valence electrons. The number of fused-ring (bicyclic) bond motifs is 1. The van der Waals surface area contributed by atoms with E-state index < -0.39 is 0 Å². The monoisotopic (exact) mass is 340 g/mol. The van der Waals surface area contributed by atoms with Gasteiger partial charge in [0.25, 0.3) is 0 Å². The molecule has 0 spiro atoms. The van der Waals surface area contributed by atoms with Crippen molar-refractivity contribution >= 4 is 0 Å². The predicted molar refractivity (Wildman–Crippen MR) is 99.8 cm³/mol. The van der Waals surface area contributed by atoms with Crippen LogP contribution >= 0.6 is 0 Å². The Bertz CT molecular complexity index is 629. The molecule has 5 aliphatic rings. The van der Waals surface area contributed by atoms with Crippen molar-refractivity contribution < 1.29 is 9.47 Å². The Morgan fingerprint density at radius 1 is 1.00 bits per heavy atom. The van der Waals surface area contributed by atoms with Gasteiger partial charge in [-0.2, -0.15) is 0 Å². The molecule has 4 fully saturated rings. The van der Waals surface area contributed by atoms with Gasteiger partial charge in [0, 0.05) is 12.5 Å². The Hall–Kier alpha value is -1.02. The number of methoxy groups -OCH3 is 1. The standard InChI is InChI=1S/C23H32O2/c1-14-6-19-10-20(4-5-21(19)15(14)2)25-22(24-3)23-11-16-7-17(12-23)9-18(8-16)13-23/h4-5,10,14-18,22H,6-9,11-13H2,1-3H3. The minimum atomic E-state index is -0.0739. The summed E-state index contributed by atoms with van der Waals surface area (Å²) in [6, 6.07) is 6.77. The van der Waals surface area contributed by atoms with Crippen LogP contribution in [0.25, 0.3) is 0 Å². The Morgan fingerprint density at radius 2 is 1.64 bits per heavy atom. The Kier molecular flexibility index (Phi) is 3.71. The van der Waals surface area contributed by atoms with Gasteiger partial charge in [-0.05, 0) is 97.8 Å². The first-order valence-electron chi connectivity index (χ1n) is 10.4. The van der Waals surface area contributed by atoms with E-state index in [1.165, 1.54) is 56.1 Å². The second-order valence-corrected chi connectivity index (χ2v) is 9.80. The molecular formula is C23H32O2. The van der Waals surface area contributed by atoms with E-state index in [9.17, 15) is 0 Å². The van der Waals surface area contributed by atoms with Crippen LogP contribution < -0.4 is 4.74 Å². The molecule has 3 atom stereocenters. The first-order chi connectivity index (χ1) is 12.1. The Morgan fingerprint density at radius 3 is 2.24 bits per heavy atom. The molecule has 0 aromatic heterocycles. The second-order valence-electron chi connectivity index (χ2n) is 9.80. The highest BCUT2D eigenvalue weighted by molar-refractivity contribution is 5.41. The molecule has 0 amide bonds. The maximum absolute atomic E-state index is 6.52. The highest BCUT2D eigenvalue weighted by atomic mass is 16.7. The van der Waals surface area contributed by atoms with Gasteiger partial charge in [0.1, 0.15) is 5.75 Å². The largest absolute Gasteiger partial charge is 0.464 e. The van der Waals surface area contributed by atoms with Crippen molar-refractivity contribution in [2.45, 2.75) is 71.0 Å². The first kappa shape index (κ1) is 16.2. The van der Waals surface area contributed by atoms with Gasteiger partial charge in [0.2, 0.25) is 6.29 Å². The lowest BCUT2D eigenvalue weighted by molar-refractivity contribution is -0.204. The number of benzene rings is 1. The molecule has 4 bridgehead atoms. The lowest BCUT2D eigenvalue weighted by Gasteiger charge is -2.58. The van der Waals surface area contributed by atoms with Crippen molar-refractivity contribution in [2.75, 3.05) is 7.11 Å². The summed E-state index contributed by atoms with van der Waals surface area (Å²) < 4.78 is 12.5. The lowest BCUT2D eigenvalue weighted by atomic mass is 9.49. The van der Waals surface area contributed by atoms with Crippen LogP contribution in [0.4, 0.5) is 0 Å². The van der Waals surface area contributed by atoms with Gasteiger partial charge in [-0.25, -0.2) is 0 Å². The third-order valence-corrected chi connectivity index (χ3v) is 8.04. The third kappa shape index (κ3) is 2.55. The molecule has 5 aliphatic carbocycles. The summed E-state index contributed by atoms with van der Waals surface area (Å²) in [6.45, 7) is 4.71. The second kappa shape index (κ2) is 5.74. The number of hydrogen-bond acceptors (Lipinski definition) is 2. The van der Waals surface area contributed by atoms with Crippen LogP contribution in [0.5, 0.6) is 5.75 Å². The highest BCUT2D eigenvalue weighted by Gasteiger charge is 2.55. The SMILES string of the molecule is COC(Oc1ccc2c(c1)CC(C)C2C)C12CC3CC(CC(C3)C1)C2. The minimum absolute atomic E-state index is 0.0739. The summed E-state index contributed by atoms with van der Waals surface area (Å²) in [5.41, 5.74) is 3.27. The molecule has 6 rings (SSSR count). The fraction of sp³-hybridized carbons (Fsp3) is 0.739. The molecule has 0 aliphatic heterocycles. The summed E-state index contributed by atoms with van der Waals surface area (Å²) in [6.07, 6.45) is 9.45. The molecule has 1 aromatic carbocycles. The maximum atomic E-state index is 6.52. The van der Waals surface area contributed by atoms with Crippen molar-refractivity contribution in [1.29, 1.82) is 0 Å². The Labute approximate surface area is 152 Å². The normalized spacial score (nSPS) is 42.4. The third-order valence-electron chi connectivity index (χ3n) is 8.04. The highest BCUT2D eigenvalue weighted by Crippen LogP contribution is 2.61. The minimum Gasteiger partial charge on any atom is -0.464 e. The summed E-state index contributed by atoms with van der Waals surface area (Å²) in [7, 11) is 1.85. The lowest BCUT2D eigenvalue weighted by Crippen LogP contribution is -2.53. The van der Waals surface area contributed by atoms with Crippen molar-refractivity contribution in [3.63, 3.8) is 0 Å². The molecule has 0 saturated heterocycles. The van der Waals surface area contributed by atoms with E-state index in [4.69, 9.17) is 9.47 Å². The molecule has 2 nitrogen and oxygen atoms in total. The van der Waals surface area contributed by atoms with Gasteiger partial charge >= 0.3 is 0 Å². The summed E-state index contributed by atoms with van der Waals surface area (Å²) >= 11 is 0. The fourth-order valence-electron chi connectivity index (χ4n) is 7.12. The zero-order valence-electron chi connectivity index (χ0n) is 16.0. The molecule has 3 unspecified atom stereocenters. The van der Waals surface area contributed by atoms with Crippen LogP contribution in [-0.2, 0) is 11.2 Å². The van der Waals surface area contributed by atoms with Crippen molar-refractivity contribution in [2.24, 2.45) is 29.1 Å². The zero-order chi connectivity index (χ0) is 17.2. The van der Waals surface area contributed by atoms with Crippen LogP contribution in [0.1, 0.15) is 69.4 Å². The quantitative estimate of drug-likeness (QED) is 0.669. The summed E-state index contributed by atoms with van der Waals surface area (Å²) in [5.74, 6) is 5.21. The molecular weight excluding hydrogens is 308 g/mol. The van der Waals surface area contributed by atoms with Crippen molar-refractivity contribution in [1.82, 2.24) is 0 Å². The van der Waals surface area contributed by atoms with E-state index in [0.29, 0.717) is 5.92 Å². The van der Waals surface area contributed by atoms with Gasteiger partial charge in [-0.15, -0.1) is 0 Å². The molecule has 2 heteroatoms. The van der Waals surface area contributed by atoms with E-state index in [2.05, 4.69) is 32.0 Å². The van der Waals surface area contributed by atoms with Gasteiger partial charge in [-0.1, -0.05) is 19.9 Å². The smallest absolute Gasteiger partial charge is 0.205 e. The molecule has 0 heterocycles. The van der Waals surface area contributed by atoms with E-state index in [1.807, 2.05) is 7.11 Å². The van der Waals surface area contributed by atoms with Crippen LogP contribution in [-0.4, -0.2) is 13.4 Å². The van der Waals surface area contributed by atoms with Gasteiger partial charge in [0.15, 0.2) is 0 Å². The van der Waals surface area contributed by atoms with Gasteiger partial charge in [0.05, 0.1) is 0 Å². The van der Waals surface area contributed by atoms with Crippen LogP contribution in [0.15, 0.2) is 18.2 Å². The van der Waals surface area contributed by atoms with E-state index in [-0.39, 0.29) is 11.7 Å². The van der Waals surface area contributed by atoms with Crippen LogP contribution in [0.3, 0.4) is 0 Å². The van der Waals surface area contributed by atoms with Crippen LogP contribution in [0.2, 0.25) is 0 Å². The number of hydrogen-bond donors (Lipinski definition) is 0. The maximum Gasteiger partial charge on any atom is 0.205 e. The van der Waals surface area contributed by atoms with E-state index in [1.54, 1.807) is 0 Å². The van der Waals surface area contributed by atoms with E-state index in [0.717, 1.165) is 29.4 Å². The molecule has 0 N–H and O–H groups in total.